The van der Waals surface area contributed by atoms with Crippen LogP contribution >= 0.6 is 0 Å². The van der Waals surface area contributed by atoms with Crippen molar-refractivity contribution in [1.29, 1.82) is 0 Å². The molecule has 0 aromatic heterocycles. The number of hydrogen-bond donors (Lipinski definition) is 3. The van der Waals surface area contributed by atoms with Gasteiger partial charge in [0.1, 0.15) is 6.04 Å². The molecule has 0 aromatic carbocycles. The fourth-order valence-corrected chi connectivity index (χ4v) is 4.00. The van der Waals surface area contributed by atoms with Crippen molar-refractivity contribution < 1.29 is 14.7 Å². The zero-order chi connectivity index (χ0) is 23.7. The molecule has 0 aromatic rings. The molecular formula is C27H54N2O3. The minimum Gasteiger partial charge on any atom is -0.394 e. The van der Waals surface area contributed by atoms with E-state index in [2.05, 4.69) is 24.5 Å². The second-order valence-electron chi connectivity index (χ2n) is 9.35. The van der Waals surface area contributed by atoms with E-state index in [1.54, 1.807) is 0 Å². The van der Waals surface area contributed by atoms with Gasteiger partial charge in [-0.25, -0.2) is 0 Å². The first kappa shape index (κ1) is 30.9. The molecular weight excluding hydrogens is 400 g/mol. The summed E-state index contributed by atoms with van der Waals surface area (Å²) in [4.78, 5) is 24.2. The smallest absolute Gasteiger partial charge is 0.244 e. The van der Waals surface area contributed by atoms with E-state index in [-0.39, 0.29) is 18.4 Å². The highest BCUT2D eigenvalue weighted by molar-refractivity contribution is 5.87. The van der Waals surface area contributed by atoms with Crippen molar-refractivity contribution in [3.05, 3.63) is 0 Å². The van der Waals surface area contributed by atoms with Crippen LogP contribution in [0.1, 0.15) is 142 Å². The van der Waals surface area contributed by atoms with Crippen molar-refractivity contribution in [2.24, 2.45) is 0 Å². The van der Waals surface area contributed by atoms with Crippen LogP contribution in [0.3, 0.4) is 0 Å². The Balaban J connectivity index is 3.59. The quantitative estimate of drug-likeness (QED) is 0.147. The second-order valence-corrected chi connectivity index (χ2v) is 9.35. The summed E-state index contributed by atoms with van der Waals surface area (Å²) in [6, 6.07) is -0.829. The Labute approximate surface area is 198 Å². The molecule has 0 aliphatic heterocycles. The molecule has 0 radical (unpaired) electrons. The lowest BCUT2D eigenvalue weighted by Gasteiger charge is -2.16. The van der Waals surface area contributed by atoms with Crippen LogP contribution in [0.25, 0.3) is 0 Å². The molecule has 5 nitrogen and oxygen atoms in total. The topological polar surface area (TPSA) is 78.4 Å². The minimum absolute atomic E-state index is 0.141. The summed E-state index contributed by atoms with van der Waals surface area (Å²) in [5, 5.41) is 15.0. The van der Waals surface area contributed by atoms with Gasteiger partial charge in [0, 0.05) is 13.0 Å². The molecule has 5 heteroatoms. The standard InChI is InChI=1S/C27H54N2O3/c1-3-5-7-9-11-12-13-14-15-17-19-21-23-28-27(32)25(24-30)29-26(31)22-20-18-16-10-8-6-4-2/h25,30H,3-24H2,1-2H3,(H,28,32)(H,29,31)/t25-/m0/s1. The molecule has 0 aliphatic carbocycles. The molecule has 2 amide bonds. The first-order chi connectivity index (χ1) is 15.7. The first-order valence-corrected chi connectivity index (χ1v) is 13.8. The van der Waals surface area contributed by atoms with Gasteiger partial charge in [0.05, 0.1) is 6.61 Å². The van der Waals surface area contributed by atoms with Gasteiger partial charge in [-0.05, 0) is 12.8 Å². The average Bonchev–Trinajstić information content (AvgIpc) is 2.79. The number of aliphatic hydroxyl groups is 1. The lowest BCUT2D eigenvalue weighted by molar-refractivity contribution is -0.130. The zero-order valence-corrected chi connectivity index (χ0v) is 21.4. The molecule has 0 bridgehead atoms. The van der Waals surface area contributed by atoms with Crippen LogP contribution in [0.4, 0.5) is 0 Å². The van der Waals surface area contributed by atoms with Gasteiger partial charge in [-0.15, -0.1) is 0 Å². The molecule has 190 valence electrons. The third-order valence-electron chi connectivity index (χ3n) is 6.17. The molecule has 32 heavy (non-hydrogen) atoms. The third-order valence-corrected chi connectivity index (χ3v) is 6.17. The largest absolute Gasteiger partial charge is 0.394 e. The minimum atomic E-state index is -0.829. The fraction of sp³-hybridized carbons (Fsp3) is 0.926. The molecule has 0 rings (SSSR count). The van der Waals surface area contributed by atoms with E-state index in [0.717, 1.165) is 32.1 Å². The number of hydrogen-bond acceptors (Lipinski definition) is 3. The Morgan fingerprint density at radius 1 is 0.625 bits per heavy atom. The molecule has 0 fully saturated rings. The fourth-order valence-electron chi connectivity index (χ4n) is 4.00. The number of carbonyl (C=O) groups excluding carboxylic acids is 2. The number of carbonyl (C=O) groups is 2. The molecule has 0 unspecified atom stereocenters. The summed E-state index contributed by atoms with van der Waals surface area (Å²) in [5.41, 5.74) is 0. The van der Waals surface area contributed by atoms with E-state index in [0.29, 0.717) is 13.0 Å². The lowest BCUT2D eigenvalue weighted by Crippen LogP contribution is -2.49. The summed E-state index contributed by atoms with van der Waals surface area (Å²) < 4.78 is 0. The molecule has 0 saturated carbocycles. The molecule has 1 atom stereocenters. The van der Waals surface area contributed by atoms with Crippen LogP contribution in [0, 0.1) is 0 Å². The van der Waals surface area contributed by atoms with Gasteiger partial charge in [-0.1, -0.05) is 123 Å². The number of amides is 2. The van der Waals surface area contributed by atoms with Gasteiger partial charge in [-0.2, -0.15) is 0 Å². The molecule has 0 aliphatic rings. The van der Waals surface area contributed by atoms with Crippen LogP contribution < -0.4 is 10.6 Å². The normalized spacial score (nSPS) is 12.0. The van der Waals surface area contributed by atoms with E-state index in [1.807, 2.05) is 0 Å². The van der Waals surface area contributed by atoms with Crippen molar-refractivity contribution in [3.63, 3.8) is 0 Å². The molecule has 0 saturated heterocycles. The van der Waals surface area contributed by atoms with Crippen LogP contribution in [0.5, 0.6) is 0 Å². The predicted molar refractivity (Wildman–Crippen MR) is 136 cm³/mol. The number of aliphatic hydroxyl groups excluding tert-OH is 1. The van der Waals surface area contributed by atoms with E-state index in [1.165, 1.54) is 89.9 Å². The summed E-state index contributed by atoms with van der Waals surface area (Å²) in [6.45, 7) is 4.72. The van der Waals surface area contributed by atoms with Crippen LogP contribution in [-0.4, -0.2) is 36.1 Å². The molecule has 0 spiro atoms. The van der Waals surface area contributed by atoms with Crippen molar-refractivity contribution >= 4 is 11.8 Å². The first-order valence-electron chi connectivity index (χ1n) is 13.8. The van der Waals surface area contributed by atoms with E-state index >= 15 is 0 Å². The van der Waals surface area contributed by atoms with Gasteiger partial charge in [0.25, 0.3) is 0 Å². The van der Waals surface area contributed by atoms with Gasteiger partial charge < -0.3 is 15.7 Å². The van der Waals surface area contributed by atoms with Crippen molar-refractivity contribution in [3.8, 4) is 0 Å². The average molecular weight is 455 g/mol. The Kier molecular flexibility index (Phi) is 23.7. The SMILES string of the molecule is CCCCCCCCCCCCCCNC(=O)[C@H](CO)NC(=O)CCCCCCCCC. The summed E-state index contributed by atoms with van der Waals surface area (Å²) >= 11 is 0. The zero-order valence-electron chi connectivity index (χ0n) is 21.4. The van der Waals surface area contributed by atoms with Crippen molar-refractivity contribution in [1.82, 2.24) is 10.6 Å². The molecule has 0 heterocycles. The number of nitrogens with one attached hydrogen (secondary N) is 2. The van der Waals surface area contributed by atoms with Crippen molar-refractivity contribution in [2.45, 2.75) is 148 Å². The molecule has 3 N–H and O–H groups in total. The van der Waals surface area contributed by atoms with Gasteiger partial charge in [0.15, 0.2) is 0 Å². The van der Waals surface area contributed by atoms with Gasteiger partial charge in [-0.3, -0.25) is 9.59 Å². The Morgan fingerprint density at radius 3 is 1.47 bits per heavy atom. The highest BCUT2D eigenvalue weighted by atomic mass is 16.3. The van der Waals surface area contributed by atoms with Gasteiger partial charge >= 0.3 is 0 Å². The maximum absolute atomic E-state index is 12.2. The second kappa shape index (κ2) is 24.5. The Hall–Kier alpha value is -1.10. The maximum atomic E-state index is 12.2. The predicted octanol–water partition coefficient (Wildman–Crippen LogP) is 6.42. The van der Waals surface area contributed by atoms with Gasteiger partial charge in [0.2, 0.25) is 11.8 Å². The van der Waals surface area contributed by atoms with Crippen molar-refractivity contribution in [2.75, 3.05) is 13.2 Å². The summed E-state index contributed by atoms with van der Waals surface area (Å²) in [5.74, 6) is -0.415. The van der Waals surface area contributed by atoms with E-state index in [4.69, 9.17) is 0 Å². The highest BCUT2D eigenvalue weighted by Gasteiger charge is 2.19. The summed E-state index contributed by atoms with van der Waals surface area (Å²) in [6.07, 6.45) is 24.0. The Bertz CT molecular complexity index is 429. The van der Waals surface area contributed by atoms with Crippen LogP contribution in [-0.2, 0) is 9.59 Å². The third kappa shape index (κ3) is 20.8. The van der Waals surface area contributed by atoms with Crippen LogP contribution in [0.15, 0.2) is 0 Å². The number of unbranched alkanes of at least 4 members (excludes halogenated alkanes) is 17. The summed E-state index contributed by atoms with van der Waals surface area (Å²) in [7, 11) is 0. The monoisotopic (exact) mass is 454 g/mol. The maximum Gasteiger partial charge on any atom is 0.244 e. The highest BCUT2D eigenvalue weighted by Crippen LogP contribution is 2.12. The van der Waals surface area contributed by atoms with Crippen LogP contribution in [0.2, 0.25) is 0 Å². The number of rotatable bonds is 24. The van der Waals surface area contributed by atoms with E-state index in [9.17, 15) is 14.7 Å². The Morgan fingerprint density at radius 2 is 1.03 bits per heavy atom. The van der Waals surface area contributed by atoms with E-state index < -0.39 is 6.04 Å². The lowest BCUT2D eigenvalue weighted by atomic mass is 10.1.